The van der Waals surface area contributed by atoms with Gasteiger partial charge in [0.2, 0.25) is 0 Å². The summed E-state index contributed by atoms with van der Waals surface area (Å²) in [7, 11) is 1.75. The molecule has 0 aliphatic heterocycles. The van der Waals surface area contributed by atoms with Crippen LogP contribution in [0, 0.1) is 6.92 Å². The van der Waals surface area contributed by atoms with Gasteiger partial charge in [0.05, 0.1) is 33.4 Å². The van der Waals surface area contributed by atoms with E-state index in [2.05, 4.69) is 10.1 Å². The molecule has 2 aromatic carbocycles. The van der Waals surface area contributed by atoms with Gasteiger partial charge in [0.25, 0.3) is 5.91 Å². The van der Waals surface area contributed by atoms with Crippen LogP contribution in [-0.2, 0) is 0 Å². The molecule has 0 spiro atoms. The van der Waals surface area contributed by atoms with Crippen LogP contribution in [0.4, 0.5) is 5.13 Å². The molecule has 4 rings (SSSR count). The van der Waals surface area contributed by atoms with Crippen molar-refractivity contribution in [1.82, 2.24) is 14.8 Å². The van der Waals surface area contributed by atoms with Crippen molar-refractivity contribution in [2.45, 2.75) is 6.92 Å². The summed E-state index contributed by atoms with van der Waals surface area (Å²) >= 11 is 1.50. The molecule has 0 radical (unpaired) electrons. The molecule has 0 bridgehead atoms. The molecule has 0 atom stereocenters. The Morgan fingerprint density at radius 1 is 1.08 bits per heavy atom. The summed E-state index contributed by atoms with van der Waals surface area (Å²) in [6.45, 7) is 1.90. The second-order valence-corrected chi connectivity index (χ2v) is 6.73. The maximum Gasteiger partial charge on any atom is 0.263 e. The summed E-state index contributed by atoms with van der Waals surface area (Å²) in [4.78, 5) is 19.1. The molecule has 2 aromatic heterocycles. The van der Waals surface area contributed by atoms with Crippen LogP contribution >= 0.6 is 11.3 Å². The van der Waals surface area contributed by atoms with E-state index in [1.807, 2.05) is 61.5 Å². The number of thiazole rings is 1. The van der Waals surface area contributed by atoms with Gasteiger partial charge in [-0.05, 0) is 31.2 Å². The van der Waals surface area contributed by atoms with Crippen LogP contribution in [0.2, 0.25) is 0 Å². The van der Waals surface area contributed by atoms with Crippen molar-refractivity contribution in [3.63, 3.8) is 0 Å². The van der Waals surface area contributed by atoms with Crippen LogP contribution in [0.5, 0.6) is 0 Å². The summed E-state index contributed by atoms with van der Waals surface area (Å²) in [5.41, 5.74) is 3.22. The second kappa shape index (κ2) is 6.14. The van der Waals surface area contributed by atoms with Gasteiger partial charge in [-0.25, -0.2) is 9.67 Å². The quantitative estimate of drug-likeness (QED) is 0.561. The zero-order chi connectivity index (χ0) is 17.4. The lowest BCUT2D eigenvalue weighted by Crippen LogP contribution is -2.26. The minimum absolute atomic E-state index is 0.112. The van der Waals surface area contributed by atoms with Crippen molar-refractivity contribution in [3.8, 4) is 5.69 Å². The summed E-state index contributed by atoms with van der Waals surface area (Å²) in [6.07, 6.45) is 1.62. The lowest BCUT2D eigenvalue weighted by Gasteiger charge is -2.13. The Kier molecular flexibility index (Phi) is 3.82. The van der Waals surface area contributed by atoms with E-state index < -0.39 is 0 Å². The van der Waals surface area contributed by atoms with Crippen LogP contribution in [0.15, 0.2) is 60.8 Å². The topological polar surface area (TPSA) is 51.0 Å². The molecule has 0 saturated carbocycles. The predicted molar refractivity (Wildman–Crippen MR) is 101 cm³/mol. The highest BCUT2D eigenvalue weighted by Gasteiger charge is 2.21. The van der Waals surface area contributed by atoms with Crippen LogP contribution in [0.25, 0.3) is 15.9 Å². The number of para-hydroxylation sites is 2. The van der Waals surface area contributed by atoms with Crippen LogP contribution in [0.3, 0.4) is 0 Å². The van der Waals surface area contributed by atoms with E-state index in [9.17, 15) is 4.79 Å². The summed E-state index contributed by atoms with van der Waals surface area (Å²) in [6, 6.07) is 17.7. The third-order valence-electron chi connectivity index (χ3n) is 4.12. The summed E-state index contributed by atoms with van der Waals surface area (Å²) in [5, 5.41) is 5.06. The van der Waals surface area contributed by atoms with Gasteiger partial charge < -0.3 is 0 Å². The molecular weight excluding hydrogens is 332 g/mol. The first kappa shape index (κ1) is 15.5. The van der Waals surface area contributed by atoms with Gasteiger partial charge in [0.15, 0.2) is 5.13 Å². The molecule has 6 heteroatoms. The van der Waals surface area contributed by atoms with E-state index >= 15 is 0 Å². The van der Waals surface area contributed by atoms with Crippen LogP contribution in [0.1, 0.15) is 16.1 Å². The van der Waals surface area contributed by atoms with Crippen LogP contribution < -0.4 is 4.90 Å². The molecule has 5 nitrogen and oxygen atoms in total. The number of anilines is 1. The fraction of sp³-hybridized carbons (Fsp3) is 0.105. The number of aromatic nitrogens is 3. The molecular formula is C19H16N4OS. The fourth-order valence-electron chi connectivity index (χ4n) is 2.72. The predicted octanol–water partition coefficient (Wildman–Crippen LogP) is 4.07. The third kappa shape index (κ3) is 2.70. The molecule has 0 aliphatic rings. The first-order valence-corrected chi connectivity index (χ1v) is 8.70. The highest BCUT2D eigenvalue weighted by molar-refractivity contribution is 7.22. The number of fused-ring (bicyclic) bond motifs is 1. The molecule has 0 N–H and O–H groups in total. The Morgan fingerprint density at radius 3 is 2.56 bits per heavy atom. The number of carbonyl (C=O) groups excluding carboxylic acids is 1. The van der Waals surface area contributed by atoms with E-state index in [-0.39, 0.29) is 5.91 Å². The second-order valence-electron chi connectivity index (χ2n) is 5.72. The standard InChI is InChI=1S/C19H16N4OS/c1-13-15(12-20-23(13)14-8-4-3-5-9-14)18(24)22(2)19-21-16-10-6-7-11-17(16)25-19/h3-12H,1-2H3. The largest absolute Gasteiger partial charge is 0.287 e. The van der Waals surface area contributed by atoms with Crippen molar-refractivity contribution >= 4 is 32.6 Å². The number of hydrogen-bond donors (Lipinski definition) is 0. The van der Waals surface area contributed by atoms with E-state index in [1.54, 1.807) is 22.8 Å². The van der Waals surface area contributed by atoms with Gasteiger partial charge >= 0.3 is 0 Å². The zero-order valence-electron chi connectivity index (χ0n) is 13.9. The van der Waals surface area contributed by atoms with Gasteiger partial charge in [0.1, 0.15) is 0 Å². The number of benzene rings is 2. The Labute approximate surface area is 149 Å². The first-order valence-electron chi connectivity index (χ1n) is 7.89. The Balaban J connectivity index is 1.68. The van der Waals surface area contributed by atoms with E-state index in [0.29, 0.717) is 10.7 Å². The molecule has 2 heterocycles. The highest BCUT2D eigenvalue weighted by Crippen LogP contribution is 2.29. The van der Waals surface area contributed by atoms with Crippen molar-refractivity contribution in [2.75, 3.05) is 11.9 Å². The number of rotatable bonds is 3. The van der Waals surface area contributed by atoms with Gasteiger partial charge in [-0.15, -0.1) is 0 Å². The minimum Gasteiger partial charge on any atom is -0.287 e. The monoisotopic (exact) mass is 348 g/mol. The maximum atomic E-state index is 12.9. The van der Waals surface area contributed by atoms with Crippen molar-refractivity contribution in [1.29, 1.82) is 0 Å². The fourth-order valence-corrected chi connectivity index (χ4v) is 3.65. The molecule has 25 heavy (non-hydrogen) atoms. The highest BCUT2D eigenvalue weighted by atomic mass is 32.1. The van der Waals surface area contributed by atoms with Crippen molar-refractivity contribution < 1.29 is 4.79 Å². The number of nitrogens with zero attached hydrogens (tertiary/aromatic N) is 4. The average Bonchev–Trinajstić information content (AvgIpc) is 3.24. The summed E-state index contributed by atoms with van der Waals surface area (Å²) < 4.78 is 2.84. The lowest BCUT2D eigenvalue weighted by molar-refractivity contribution is 0.0992. The van der Waals surface area contributed by atoms with Gasteiger partial charge in [-0.3, -0.25) is 9.69 Å². The molecule has 0 saturated heterocycles. The number of hydrogen-bond acceptors (Lipinski definition) is 4. The smallest absolute Gasteiger partial charge is 0.263 e. The molecule has 0 aliphatic carbocycles. The number of carbonyl (C=O) groups is 1. The molecule has 0 unspecified atom stereocenters. The van der Waals surface area contributed by atoms with Gasteiger partial charge in [-0.1, -0.05) is 41.7 Å². The summed E-state index contributed by atoms with van der Waals surface area (Å²) in [5.74, 6) is -0.112. The maximum absolute atomic E-state index is 12.9. The molecule has 4 aromatic rings. The molecule has 1 amide bonds. The third-order valence-corrected chi connectivity index (χ3v) is 5.23. The van der Waals surface area contributed by atoms with E-state index in [0.717, 1.165) is 21.6 Å². The van der Waals surface area contributed by atoms with Gasteiger partial charge in [-0.2, -0.15) is 5.10 Å². The number of amides is 1. The Morgan fingerprint density at radius 2 is 1.80 bits per heavy atom. The van der Waals surface area contributed by atoms with Crippen molar-refractivity contribution in [2.24, 2.45) is 0 Å². The van der Waals surface area contributed by atoms with Crippen LogP contribution in [-0.4, -0.2) is 27.7 Å². The Bertz CT molecular complexity index is 1020. The van der Waals surface area contributed by atoms with Crippen molar-refractivity contribution in [3.05, 3.63) is 72.1 Å². The minimum atomic E-state index is -0.112. The lowest BCUT2D eigenvalue weighted by atomic mass is 10.2. The molecule has 124 valence electrons. The average molecular weight is 348 g/mol. The van der Waals surface area contributed by atoms with Gasteiger partial charge in [0, 0.05) is 7.05 Å². The first-order chi connectivity index (χ1) is 12.1. The zero-order valence-corrected chi connectivity index (χ0v) is 14.7. The SMILES string of the molecule is Cc1c(C(=O)N(C)c2nc3ccccc3s2)cnn1-c1ccccc1. The normalized spacial score (nSPS) is 11.0. The molecule has 0 fully saturated rings. The van der Waals surface area contributed by atoms with E-state index in [4.69, 9.17) is 0 Å². The van der Waals surface area contributed by atoms with E-state index in [1.165, 1.54) is 11.3 Å². The Hall–Kier alpha value is -2.99.